The van der Waals surface area contributed by atoms with Gasteiger partial charge in [-0.05, 0) is 50.7 Å². The molecule has 0 aliphatic carbocycles. The minimum Gasteiger partial charge on any atom is -0.465 e. The molecule has 7 nitrogen and oxygen atoms in total. The van der Waals surface area contributed by atoms with Crippen molar-refractivity contribution in [3.63, 3.8) is 0 Å². The van der Waals surface area contributed by atoms with Crippen LogP contribution < -0.4 is 0 Å². The number of hydrogen-bond acceptors (Lipinski definition) is 7. The van der Waals surface area contributed by atoms with Gasteiger partial charge in [-0.3, -0.25) is 0 Å². The molecule has 154 valence electrons. The third kappa shape index (κ3) is 4.70. The molecule has 1 aliphatic rings. The van der Waals surface area contributed by atoms with Crippen LogP contribution in [0.5, 0.6) is 0 Å². The molecule has 2 heterocycles. The lowest BCUT2D eigenvalue weighted by molar-refractivity contribution is 0.0270. The van der Waals surface area contributed by atoms with E-state index in [1.165, 1.54) is 18.9 Å². The quantitative estimate of drug-likeness (QED) is 0.423. The van der Waals surface area contributed by atoms with E-state index in [1.54, 1.807) is 17.2 Å². The predicted octanol–water partition coefficient (Wildman–Crippen LogP) is 4.16. The molecule has 0 N–H and O–H groups in total. The number of aromatic nitrogens is 2. The molecule has 0 unspecified atom stereocenters. The largest absolute Gasteiger partial charge is 0.465 e. The molecule has 0 spiro atoms. The van der Waals surface area contributed by atoms with Crippen molar-refractivity contribution < 1.29 is 19.1 Å². The number of benzene rings is 1. The summed E-state index contributed by atoms with van der Waals surface area (Å²) < 4.78 is 10.4. The van der Waals surface area contributed by atoms with Crippen LogP contribution in [0.3, 0.4) is 0 Å². The van der Waals surface area contributed by atoms with Crippen molar-refractivity contribution in [3.05, 3.63) is 35.5 Å². The summed E-state index contributed by atoms with van der Waals surface area (Å²) in [6.45, 7) is 6.59. The highest BCUT2D eigenvalue weighted by molar-refractivity contribution is 7.98. The number of methoxy groups -OCH3 is 1. The summed E-state index contributed by atoms with van der Waals surface area (Å²) in [4.78, 5) is 35.1. The van der Waals surface area contributed by atoms with Gasteiger partial charge in [0.2, 0.25) is 0 Å². The summed E-state index contributed by atoms with van der Waals surface area (Å²) >= 11 is 1.41. The third-order valence-corrected chi connectivity index (χ3v) is 5.09. The van der Waals surface area contributed by atoms with Crippen molar-refractivity contribution in [2.24, 2.45) is 0 Å². The third-order valence-electron chi connectivity index (χ3n) is 4.52. The first-order valence-electron chi connectivity index (χ1n) is 9.33. The van der Waals surface area contributed by atoms with Crippen molar-refractivity contribution in [2.45, 2.75) is 37.9 Å². The fraction of sp³-hybridized carbons (Fsp3) is 0.429. The minimum absolute atomic E-state index is 0.313. The molecule has 0 fully saturated rings. The molecule has 1 aromatic heterocycles. The maximum atomic E-state index is 12.3. The van der Waals surface area contributed by atoms with E-state index < -0.39 is 11.6 Å². The van der Waals surface area contributed by atoms with Gasteiger partial charge in [0.15, 0.2) is 5.16 Å². The van der Waals surface area contributed by atoms with E-state index in [0.717, 1.165) is 16.5 Å². The lowest BCUT2D eigenvalue weighted by Crippen LogP contribution is -2.39. The maximum Gasteiger partial charge on any atom is 0.410 e. The normalized spacial score (nSPS) is 14.5. The Morgan fingerprint density at radius 3 is 2.59 bits per heavy atom. The Labute approximate surface area is 174 Å². The van der Waals surface area contributed by atoms with Gasteiger partial charge in [0.1, 0.15) is 5.60 Å². The number of thioether (sulfide) groups is 1. The van der Waals surface area contributed by atoms with E-state index in [2.05, 4.69) is 9.97 Å². The van der Waals surface area contributed by atoms with Gasteiger partial charge in [-0.15, -0.1) is 0 Å². The molecule has 3 rings (SSSR count). The van der Waals surface area contributed by atoms with Crippen LogP contribution in [0.25, 0.3) is 16.5 Å². The molecule has 1 aromatic carbocycles. The van der Waals surface area contributed by atoms with Gasteiger partial charge >= 0.3 is 12.1 Å². The number of ether oxygens (including phenoxy) is 2. The van der Waals surface area contributed by atoms with Crippen LogP contribution in [-0.2, 0) is 9.47 Å². The van der Waals surface area contributed by atoms with E-state index in [4.69, 9.17) is 9.47 Å². The van der Waals surface area contributed by atoms with Gasteiger partial charge in [-0.25, -0.2) is 19.6 Å². The van der Waals surface area contributed by atoms with Gasteiger partial charge in [0.25, 0.3) is 0 Å². The number of nitrogens with zero attached hydrogens (tertiary/aromatic N) is 3. The molecule has 1 aliphatic heterocycles. The first-order valence-corrected chi connectivity index (χ1v) is 10.6. The Balaban J connectivity index is 1.95. The second-order valence-corrected chi connectivity index (χ2v) is 8.45. The second-order valence-electron chi connectivity index (χ2n) is 7.68. The monoisotopic (exact) mass is 415 g/mol. The molecule has 0 bridgehead atoms. The molecule has 0 radical (unpaired) electrons. The number of amides is 1. The number of esters is 1. The Hall–Kier alpha value is -2.61. The average Bonchev–Trinajstić information content (AvgIpc) is 2.70. The van der Waals surface area contributed by atoms with Gasteiger partial charge in [-0.2, -0.15) is 0 Å². The predicted molar refractivity (Wildman–Crippen MR) is 113 cm³/mol. The standard InChI is InChI=1S/C21H25N3O4S/c1-21(2,3)28-20(26)24-10-8-13(9-11-24)14-6-7-15(18(25)27-4)17-16(14)12-22-19(23-17)29-5/h6-8,12H,9-11H2,1-5H3. The number of carbonyl (C=O) groups is 2. The Kier molecular flexibility index (Phi) is 6.12. The summed E-state index contributed by atoms with van der Waals surface area (Å²) in [7, 11) is 1.35. The van der Waals surface area contributed by atoms with E-state index >= 15 is 0 Å². The van der Waals surface area contributed by atoms with E-state index in [0.29, 0.717) is 35.7 Å². The molecule has 2 aromatic rings. The summed E-state index contributed by atoms with van der Waals surface area (Å²) in [6, 6.07) is 3.63. The smallest absolute Gasteiger partial charge is 0.410 e. The minimum atomic E-state index is -0.521. The van der Waals surface area contributed by atoms with E-state index in [9.17, 15) is 9.59 Å². The number of rotatable bonds is 3. The SMILES string of the molecule is COC(=O)c1ccc(C2=CCN(C(=O)OC(C)(C)C)CC2)c2cnc(SC)nc12. The van der Waals surface area contributed by atoms with Gasteiger partial charge in [0.05, 0.1) is 18.2 Å². The molecular formula is C21H25N3O4S. The van der Waals surface area contributed by atoms with Gasteiger partial charge < -0.3 is 14.4 Å². The average molecular weight is 416 g/mol. The van der Waals surface area contributed by atoms with Crippen molar-refractivity contribution >= 4 is 40.3 Å². The summed E-state index contributed by atoms with van der Waals surface area (Å²) in [5.41, 5.74) is 2.52. The summed E-state index contributed by atoms with van der Waals surface area (Å²) in [6.07, 6.45) is 6.01. The van der Waals surface area contributed by atoms with Crippen LogP contribution in [0.4, 0.5) is 4.79 Å². The topological polar surface area (TPSA) is 81.6 Å². The van der Waals surface area contributed by atoms with Gasteiger partial charge in [-0.1, -0.05) is 23.9 Å². The Bertz CT molecular complexity index is 982. The van der Waals surface area contributed by atoms with Crippen molar-refractivity contribution in [2.75, 3.05) is 26.5 Å². The van der Waals surface area contributed by atoms with Crippen LogP contribution in [0.15, 0.2) is 29.6 Å². The number of fused-ring (bicyclic) bond motifs is 1. The molecular weight excluding hydrogens is 390 g/mol. The summed E-state index contributed by atoms with van der Waals surface area (Å²) in [5.74, 6) is -0.430. The van der Waals surface area contributed by atoms with Gasteiger partial charge in [0, 0.05) is 24.7 Å². The second kappa shape index (κ2) is 8.41. The van der Waals surface area contributed by atoms with Crippen LogP contribution in [0, 0.1) is 0 Å². The highest BCUT2D eigenvalue weighted by Crippen LogP contribution is 2.31. The maximum absolute atomic E-state index is 12.3. The summed E-state index contributed by atoms with van der Waals surface area (Å²) in [5, 5.41) is 1.39. The van der Waals surface area contributed by atoms with Crippen LogP contribution in [0.1, 0.15) is 43.1 Å². The van der Waals surface area contributed by atoms with Crippen molar-refractivity contribution in [1.82, 2.24) is 14.9 Å². The molecule has 0 saturated heterocycles. The van der Waals surface area contributed by atoms with E-state index in [1.807, 2.05) is 39.2 Å². The zero-order valence-electron chi connectivity index (χ0n) is 17.3. The Morgan fingerprint density at radius 2 is 2.00 bits per heavy atom. The fourth-order valence-corrected chi connectivity index (χ4v) is 3.50. The molecule has 29 heavy (non-hydrogen) atoms. The zero-order chi connectivity index (χ0) is 21.2. The fourth-order valence-electron chi connectivity index (χ4n) is 3.16. The van der Waals surface area contributed by atoms with Crippen molar-refractivity contribution in [1.29, 1.82) is 0 Å². The molecule has 0 saturated carbocycles. The van der Waals surface area contributed by atoms with Crippen molar-refractivity contribution in [3.8, 4) is 0 Å². The van der Waals surface area contributed by atoms with E-state index in [-0.39, 0.29) is 6.09 Å². The van der Waals surface area contributed by atoms with Crippen LogP contribution in [-0.4, -0.2) is 59.0 Å². The Morgan fingerprint density at radius 1 is 1.24 bits per heavy atom. The lowest BCUT2D eigenvalue weighted by Gasteiger charge is -2.29. The first-order chi connectivity index (χ1) is 13.7. The number of carbonyl (C=O) groups excluding carboxylic acids is 2. The lowest BCUT2D eigenvalue weighted by atomic mass is 9.94. The molecule has 0 atom stereocenters. The number of hydrogen-bond donors (Lipinski definition) is 0. The van der Waals surface area contributed by atoms with Crippen LogP contribution >= 0.6 is 11.8 Å². The highest BCUT2D eigenvalue weighted by Gasteiger charge is 2.25. The zero-order valence-corrected chi connectivity index (χ0v) is 18.1. The molecule has 8 heteroatoms. The highest BCUT2D eigenvalue weighted by atomic mass is 32.2. The molecule has 1 amide bonds. The first kappa shape index (κ1) is 21.1. The van der Waals surface area contributed by atoms with Crippen LogP contribution in [0.2, 0.25) is 0 Å².